The van der Waals surface area contributed by atoms with Gasteiger partial charge in [0.2, 0.25) is 0 Å². The smallest absolute Gasteiger partial charge is 0.128 e. The maximum atomic E-state index is 9.16. The Kier molecular flexibility index (Phi) is 3.55. The first-order valence-electron chi connectivity index (χ1n) is 4.38. The number of hydrogen-bond donors (Lipinski definition) is 4. The summed E-state index contributed by atoms with van der Waals surface area (Å²) in [5, 5.41) is 18.8. The third-order valence-corrected chi connectivity index (χ3v) is 1.84. The van der Waals surface area contributed by atoms with Gasteiger partial charge in [0.05, 0.1) is 0 Å². The van der Waals surface area contributed by atoms with Crippen LogP contribution in [0.5, 0.6) is 0 Å². The molecule has 0 spiro atoms. The highest BCUT2D eigenvalue weighted by molar-refractivity contribution is 6.40. The Bertz CT molecular complexity index is 363. The summed E-state index contributed by atoms with van der Waals surface area (Å²) >= 11 is 0. The fraction of sp³-hybridized carbons (Fsp3) is 0.222. The SMILES string of the molecule is [B]C([B])(O)Nc1ccc(CN)cc1C=N. The van der Waals surface area contributed by atoms with Crippen molar-refractivity contribution in [3.63, 3.8) is 0 Å². The average molecular weight is 199 g/mol. The van der Waals surface area contributed by atoms with Crippen molar-refractivity contribution in [3.8, 4) is 0 Å². The van der Waals surface area contributed by atoms with Crippen LogP contribution in [0.4, 0.5) is 5.69 Å². The molecule has 0 saturated carbocycles. The lowest BCUT2D eigenvalue weighted by molar-refractivity contribution is 0.243. The largest absolute Gasteiger partial charge is 0.390 e. The first kappa shape index (κ1) is 11.8. The molecule has 0 aliphatic heterocycles. The fourth-order valence-corrected chi connectivity index (χ4v) is 1.19. The van der Waals surface area contributed by atoms with Gasteiger partial charge in [0, 0.05) is 29.5 Å². The molecule has 0 unspecified atom stereocenters. The van der Waals surface area contributed by atoms with E-state index >= 15 is 0 Å². The molecule has 0 aliphatic rings. The molecule has 74 valence electrons. The summed E-state index contributed by atoms with van der Waals surface area (Å²) in [6.07, 6.45) is 1.13. The Morgan fingerprint density at radius 1 is 1.53 bits per heavy atom. The van der Waals surface area contributed by atoms with Crippen molar-refractivity contribution in [1.29, 1.82) is 5.41 Å². The minimum atomic E-state index is -2.00. The summed E-state index contributed by atoms with van der Waals surface area (Å²) in [6, 6.07) is 5.15. The number of rotatable bonds is 4. The lowest BCUT2D eigenvalue weighted by Crippen LogP contribution is -2.39. The van der Waals surface area contributed by atoms with Crippen LogP contribution in [0.25, 0.3) is 0 Å². The van der Waals surface area contributed by atoms with E-state index < -0.39 is 5.52 Å². The summed E-state index contributed by atoms with van der Waals surface area (Å²) < 4.78 is 0. The maximum Gasteiger partial charge on any atom is 0.128 e. The van der Waals surface area contributed by atoms with Crippen LogP contribution in [0.3, 0.4) is 0 Å². The van der Waals surface area contributed by atoms with E-state index in [0.29, 0.717) is 17.8 Å². The molecule has 0 aromatic heterocycles. The molecule has 1 aromatic rings. The minimum Gasteiger partial charge on any atom is -0.390 e. The van der Waals surface area contributed by atoms with E-state index in [2.05, 4.69) is 5.32 Å². The van der Waals surface area contributed by atoms with Crippen molar-refractivity contribution in [3.05, 3.63) is 29.3 Å². The monoisotopic (exact) mass is 199 g/mol. The molecular weight excluding hydrogens is 188 g/mol. The molecule has 0 heterocycles. The Balaban J connectivity index is 3.03. The van der Waals surface area contributed by atoms with Gasteiger partial charge in [0.1, 0.15) is 15.7 Å². The van der Waals surface area contributed by atoms with Crippen molar-refractivity contribution in [2.45, 2.75) is 12.1 Å². The standard InChI is InChI=1S/C9H11B2N3O/c10-9(11,15)14-8-2-1-6(4-12)3-7(8)5-13/h1-3,5,13-15H,4,12H2. The van der Waals surface area contributed by atoms with E-state index in [0.717, 1.165) is 11.8 Å². The van der Waals surface area contributed by atoms with Gasteiger partial charge >= 0.3 is 0 Å². The summed E-state index contributed by atoms with van der Waals surface area (Å²) in [7, 11) is 10.4. The number of nitrogens with one attached hydrogen (secondary N) is 2. The zero-order valence-electron chi connectivity index (χ0n) is 8.20. The molecule has 0 fully saturated rings. The summed E-state index contributed by atoms with van der Waals surface area (Å²) in [6.45, 7) is 0.386. The molecule has 1 rings (SSSR count). The van der Waals surface area contributed by atoms with Gasteiger partial charge in [-0.2, -0.15) is 0 Å². The first-order valence-corrected chi connectivity index (χ1v) is 4.38. The Morgan fingerprint density at radius 2 is 2.20 bits per heavy atom. The number of aliphatic hydroxyl groups is 1. The molecule has 0 saturated heterocycles. The molecule has 4 radical (unpaired) electrons. The molecule has 1 aromatic carbocycles. The second kappa shape index (κ2) is 4.51. The number of anilines is 1. The van der Waals surface area contributed by atoms with Crippen molar-refractivity contribution in [2.24, 2.45) is 5.73 Å². The molecule has 15 heavy (non-hydrogen) atoms. The van der Waals surface area contributed by atoms with Gasteiger partial charge < -0.3 is 21.6 Å². The van der Waals surface area contributed by atoms with Crippen LogP contribution in [-0.2, 0) is 6.54 Å². The van der Waals surface area contributed by atoms with E-state index in [1.165, 1.54) is 0 Å². The summed E-state index contributed by atoms with van der Waals surface area (Å²) in [4.78, 5) is 0. The van der Waals surface area contributed by atoms with Crippen molar-refractivity contribution in [2.75, 3.05) is 5.32 Å². The molecule has 0 atom stereocenters. The van der Waals surface area contributed by atoms with Crippen LogP contribution in [-0.4, -0.2) is 32.5 Å². The quantitative estimate of drug-likeness (QED) is 0.299. The van der Waals surface area contributed by atoms with Gasteiger partial charge in [0.25, 0.3) is 0 Å². The normalized spacial score (nSPS) is 11.1. The van der Waals surface area contributed by atoms with Gasteiger partial charge in [-0.25, -0.2) is 0 Å². The third kappa shape index (κ3) is 3.42. The van der Waals surface area contributed by atoms with E-state index in [1.54, 1.807) is 18.2 Å². The lowest BCUT2D eigenvalue weighted by atomic mass is 9.73. The Labute approximate surface area is 91.2 Å². The number of benzene rings is 1. The molecule has 0 amide bonds. The summed E-state index contributed by atoms with van der Waals surface area (Å²) in [5.41, 5.74) is 5.39. The number of hydrogen-bond acceptors (Lipinski definition) is 4. The van der Waals surface area contributed by atoms with Gasteiger partial charge in [-0.1, -0.05) is 6.07 Å². The van der Waals surface area contributed by atoms with Crippen LogP contribution in [0.15, 0.2) is 18.2 Å². The second-order valence-corrected chi connectivity index (χ2v) is 3.22. The molecule has 0 bridgehead atoms. The van der Waals surface area contributed by atoms with Crippen molar-refractivity contribution >= 4 is 27.6 Å². The molecule has 5 N–H and O–H groups in total. The van der Waals surface area contributed by atoms with E-state index in [-0.39, 0.29) is 0 Å². The Morgan fingerprint density at radius 3 is 2.67 bits per heavy atom. The maximum absolute atomic E-state index is 9.16. The molecular formula is C9H11B2N3O. The minimum absolute atomic E-state index is 0.386. The molecule has 4 nitrogen and oxygen atoms in total. The third-order valence-electron chi connectivity index (χ3n) is 1.84. The van der Waals surface area contributed by atoms with Gasteiger partial charge in [-0.15, -0.1) is 0 Å². The zero-order chi connectivity index (χ0) is 11.5. The topological polar surface area (TPSA) is 82.1 Å². The van der Waals surface area contributed by atoms with Gasteiger partial charge in [-0.05, 0) is 17.7 Å². The zero-order valence-corrected chi connectivity index (χ0v) is 8.20. The second-order valence-electron chi connectivity index (χ2n) is 3.22. The van der Waals surface area contributed by atoms with Crippen LogP contribution in [0.2, 0.25) is 0 Å². The fourth-order valence-electron chi connectivity index (χ4n) is 1.19. The van der Waals surface area contributed by atoms with Crippen molar-refractivity contribution in [1.82, 2.24) is 0 Å². The van der Waals surface area contributed by atoms with Crippen LogP contribution >= 0.6 is 0 Å². The highest BCUT2D eigenvalue weighted by Crippen LogP contribution is 2.17. The molecule has 0 aliphatic carbocycles. The van der Waals surface area contributed by atoms with Crippen molar-refractivity contribution < 1.29 is 5.11 Å². The highest BCUT2D eigenvalue weighted by Gasteiger charge is 2.12. The number of nitrogens with two attached hydrogens (primary N) is 1. The van der Waals surface area contributed by atoms with E-state index in [1.807, 2.05) is 0 Å². The van der Waals surface area contributed by atoms with Crippen LogP contribution in [0.1, 0.15) is 11.1 Å². The summed E-state index contributed by atoms with van der Waals surface area (Å²) in [5.74, 6) is 0. The van der Waals surface area contributed by atoms with E-state index in [4.69, 9.17) is 31.9 Å². The first-order chi connectivity index (χ1) is 6.96. The van der Waals surface area contributed by atoms with Crippen LogP contribution < -0.4 is 11.1 Å². The predicted octanol–water partition coefficient (Wildman–Crippen LogP) is -0.505. The van der Waals surface area contributed by atoms with Gasteiger partial charge in [0.15, 0.2) is 0 Å². The lowest BCUT2D eigenvalue weighted by Gasteiger charge is -2.23. The highest BCUT2D eigenvalue weighted by atomic mass is 16.3. The Hall–Kier alpha value is -1.26. The van der Waals surface area contributed by atoms with Crippen LogP contribution in [0, 0.1) is 5.41 Å². The molecule has 6 heteroatoms. The predicted molar refractivity (Wildman–Crippen MR) is 62.3 cm³/mol. The van der Waals surface area contributed by atoms with Gasteiger partial charge in [-0.3, -0.25) is 0 Å². The van der Waals surface area contributed by atoms with E-state index in [9.17, 15) is 0 Å². The average Bonchev–Trinajstić information content (AvgIpc) is 2.16.